The molecule has 0 aliphatic rings. The van der Waals surface area contributed by atoms with Crippen molar-refractivity contribution in [1.29, 1.82) is 0 Å². The third-order valence-corrected chi connectivity index (χ3v) is 17.5. The van der Waals surface area contributed by atoms with Crippen molar-refractivity contribution in [3.8, 4) is 0 Å². The van der Waals surface area contributed by atoms with Gasteiger partial charge >= 0.3 is 5.97 Å². The highest BCUT2D eigenvalue weighted by Crippen LogP contribution is 2.38. The second-order valence-electron chi connectivity index (χ2n) is 26.1. The number of carbonyl (C=O) groups excluding carboxylic acids is 2. The van der Waals surface area contributed by atoms with Crippen LogP contribution in [-0.4, -0.2) is 69.4 Å². The Bertz CT molecular complexity index is 1510. The van der Waals surface area contributed by atoms with E-state index < -0.39 is 20.0 Å². The van der Waals surface area contributed by atoms with E-state index in [2.05, 4.69) is 50.4 Å². The van der Waals surface area contributed by atoms with E-state index in [0.29, 0.717) is 17.4 Å². The van der Waals surface area contributed by atoms with Gasteiger partial charge in [-0.15, -0.1) is 0 Å². The van der Waals surface area contributed by atoms with Crippen LogP contribution in [0.3, 0.4) is 0 Å². The van der Waals surface area contributed by atoms with Crippen LogP contribution < -0.4 is 10.2 Å². The van der Waals surface area contributed by atoms with Crippen LogP contribution in [0.15, 0.2) is 36.5 Å². The van der Waals surface area contributed by atoms with E-state index in [1.807, 2.05) is 33.3 Å². The molecule has 0 bridgehead atoms. The number of ether oxygens (including phenoxy) is 1. The minimum absolute atomic E-state index is 0.0205. The summed E-state index contributed by atoms with van der Waals surface area (Å²) in [7, 11) is 1.20. The van der Waals surface area contributed by atoms with Crippen molar-refractivity contribution in [3.63, 3.8) is 0 Å². The Morgan fingerprint density at radius 3 is 1.11 bits per heavy atom. The van der Waals surface area contributed by atoms with E-state index in [0.717, 1.165) is 77.0 Å². The summed E-state index contributed by atoms with van der Waals surface area (Å²) in [5.41, 5.74) is 0. The molecule has 0 aromatic heterocycles. The van der Waals surface area contributed by atoms with Gasteiger partial charge in [0.1, 0.15) is 19.3 Å². The van der Waals surface area contributed by atoms with Gasteiger partial charge in [0, 0.05) is 12.8 Å². The quantitative estimate of drug-likeness (QED) is 0.0212. The van der Waals surface area contributed by atoms with E-state index in [1.165, 1.54) is 257 Å². The first-order valence-corrected chi connectivity index (χ1v) is 37.8. The summed E-state index contributed by atoms with van der Waals surface area (Å²) in [5.74, 6) is -0.525. The number of likely N-dealkylation sites (N-methyl/N-ethyl adjacent to an activating group) is 1. The standard InChI is InChI=1S/C73H141N2O7P/c1-7-10-13-16-19-22-25-28-30-32-34-35-36-37-38-39-41-43-45-48-51-54-57-60-63-66-73(77)82-71(64-61-58-55-52-49-46-27-24-21-18-15-12-9-3)70(69-81-83(78,79)80-68-67-75(4,5)6)74-72(76)65-62-59-56-53-50-47-44-42-40-33-31-29-26-23-20-17-14-11-8-2/h20,23,29,31,61,64,70-71H,7-19,21-22,24-28,30,32-60,62-63,65-69H2,1-6H3,(H-,74,76,78,79)/b23-20-,31-29-,64-61-. The molecule has 490 valence electrons. The number of amides is 1. The van der Waals surface area contributed by atoms with Crippen LogP contribution in [-0.2, 0) is 27.9 Å². The number of phosphoric acid groups is 1. The number of nitrogens with one attached hydrogen (secondary N) is 1. The predicted molar refractivity (Wildman–Crippen MR) is 358 cm³/mol. The second-order valence-corrected chi connectivity index (χ2v) is 27.5. The summed E-state index contributed by atoms with van der Waals surface area (Å²) in [5, 5.41) is 3.05. The lowest BCUT2D eigenvalue weighted by molar-refractivity contribution is -0.870. The van der Waals surface area contributed by atoms with Crippen molar-refractivity contribution in [2.45, 2.75) is 380 Å². The van der Waals surface area contributed by atoms with Crippen molar-refractivity contribution < 1.29 is 37.3 Å². The Hall–Kier alpha value is -1.77. The number of allylic oxidation sites excluding steroid dienone is 5. The van der Waals surface area contributed by atoms with Crippen LogP contribution in [0.2, 0.25) is 0 Å². The summed E-state index contributed by atoms with van der Waals surface area (Å²) in [6.45, 7) is 6.88. The van der Waals surface area contributed by atoms with Gasteiger partial charge in [-0.3, -0.25) is 14.2 Å². The molecule has 0 heterocycles. The molecule has 3 unspecified atom stereocenters. The van der Waals surface area contributed by atoms with Crippen LogP contribution in [0.5, 0.6) is 0 Å². The van der Waals surface area contributed by atoms with Crippen LogP contribution in [0, 0.1) is 0 Å². The molecule has 0 radical (unpaired) electrons. The first-order valence-electron chi connectivity index (χ1n) is 36.3. The van der Waals surface area contributed by atoms with Crippen LogP contribution in [0.4, 0.5) is 0 Å². The van der Waals surface area contributed by atoms with Crippen LogP contribution in [0.25, 0.3) is 0 Å². The number of unbranched alkanes of at least 4 members (excludes halogenated alkanes) is 47. The Labute approximate surface area is 516 Å². The van der Waals surface area contributed by atoms with E-state index in [9.17, 15) is 19.0 Å². The molecule has 9 nitrogen and oxygen atoms in total. The minimum Gasteiger partial charge on any atom is -0.756 e. The Kier molecular flexibility index (Phi) is 61.9. The molecule has 0 saturated carbocycles. The zero-order valence-electron chi connectivity index (χ0n) is 56.2. The molecule has 0 fully saturated rings. The highest BCUT2D eigenvalue weighted by molar-refractivity contribution is 7.45. The molecule has 0 rings (SSSR count). The van der Waals surface area contributed by atoms with Crippen LogP contribution in [0.1, 0.15) is 367 Å². The van der Waals surface area contributed by atoms with Gasteiger partial charge in [-0.1, -0.05) is 327 Å². The fourth-order valence-electron chi connectivity index (χ4n) is 11.0. The molecular weight excluding hydrogens is 1050 g/mol. The predicted octanol–water partition coefficient (Wildman–Crippen LogP) is 22.4. The zero-order chi connectivity index (χ0) is 60.7. The molecule has 0 aromatic rings. The molecule has 1 amide bonds. The van der Waals surface area contributed by atoms with E-state index in [4.69, 9.17) is 13.8 Å². The summed E-state index contributed by atoms with van der Waals surface area (Å²) in [4.78, 5) is 40.2. The zero-order valence-corrected chi connectivity index (χ0v) is 57.1. The molecule has 0 aliphatic heterocycles. The first-order chi connectivity index (χ1) is 40.4. The third kappa shape index (κ3) is 64.5. The average molecular weight is 1190 g/mol. The monoisotopic (exact) mass is 1190 g/mol. The number of phosphoric ester groups is 1. The summed E-state index contributed by atoms with van der Waals surface area (Å²) in [6.07, 6.45) is 78.4. The first kappa shape index (κ1) is 81.2. The molecular formula is C73H141N2O7P. The highest BCUT2D eigenvalue weighted by Gasteiger charge is 2.27. The molecule has 83 heavy (non-hydrogen) atoms. The van der Waals surface area contributed by atoms with E-state index in [1.54, 1.807) is 0 Å². The Morgan fingerprint density at radius 2 is 0.735 bits per heavy atom. The molecule has 1 N–H and O–H groups in total. The van der Waals surface area contributed by atoms with Gasteiger partial charge in [-0.25, -0.2) is 0 Å². The normalized spacial score (nSPS) is 13.7. The fourth-order valence-corrected chi connectivity index (χ4v) is 11.7. The largest absolute Gasteiger partial charge is 0.756 e. The smallest absolute Gasteiger partial charge is 0.306 e. The number of hydrogen-bond donors (Lipinski definition) is 1. The fraction of sp³-hybridized carbons (Fsp3) is 0.890. The van der Waals surface area contributed by atoms with Crippen molar-refractivity contribution >= 4 is 19.7 Å². The molecule has 0 aliphatic carbocycles. The lowest BCUT2D eigenvalue weighted by Crippen LogP contribution is -2.47. The maximum absolute atomic E-state index is 13.6. The number of esters is 1. The molecule has 0 saturated heterocycles. The molecule has 10 heteroatoms. The van der Waals surface area contributed by atoms with Crippen molar-refractivity contribution in [2.24, 2.45) is 0 Å². The van der Waals surface area contributed by atoms with Gasteiger partial charge in [0.15, 0.2) is 0 Å². The van der Waals surface area contributed by atoms with Gasteiger partial charge in [0.05, 0.1) is 33.8 Å². The average Bonchev–Trinajstić information content (AvgIpc) is 3.47. The number of nitrogens with zero attached hydrogens (tertiary/aromatic N) is 1. The number of quaternary nitrogens is 1. The van der Waals surface area contributed by atoms with Gasteiger partial charge in [-0.2, -0.15) is 0 Å². The molecule has 3 atom stereocenters. The Morgan fingerprint density at radius 1 is 0.422 bits per heavy atom. The van der Waals surface area contributed by atoms with Gasteiger partial charge in [0.2, 0.25) is 5.91 Å². The van der Waals surface area contributed by atoms with E-state index in [-0.39, 0.29) is 31.5 Å². The summed E-state index contributed by atoms with van der Waals surface area (Å²) < 4.78 is 30.5. The van der Waals surface area contributed by atoms with Gasteiger partial charge in [-0.05, 0) is 63.9 Å². The SMILES string of the molecule is CCCCC/C=C\C/C=C\CCCCCCCCCCCC(=O)NC(COP(=O)([O-])OCC[N+](C)(C)C)C(/C=C\CCCCCCCCCCCCC)OC(=O)CCCCCCCCCCCCCCCCCCCCCCCCCCC. The maximum Gasteiger partial charge on any atom is 0.306 e. The number of carbonyl (C=O) groups is 2. The number of hydrogen-bond acceptors (Lipinski definition) is 7. The minimum atomic E-state index is -4.70. The highest BCUT2D eigenvalue weighted by atomic mass is 31.2. The maximum atomic E-state index is 13.6. The third-order valence-electron chi connectivity index (χ3n) is 16.6. The second kappa shape index (κ2) is 63.3. The van der Waals surface area contributed by atoms with Crippen molar-refractivity contribution in [2.75, 3.05) is 40.9 Å². The molecule has 0 spiro atoms. The lowest BCUT2D eigenvalue weighted by atomic mass is 10.0. The van der Waals surface area contributed by atoms with Crippen LogP contribution >= 0.6 is 7.82 Å². The Balaban J connectivity index is 5.04. The van der Waals surface area contributed by atoms with Gasteiger partial charge < -0.3 is 28.5 Å². The summed E-state index contributed by atoms with van der Waals surface area (Å²) in [6, 6.07) is -0.888. The number of rotatable bonds is 67. The van der Waals surface area contributed by atoms with Gasteiger partial charge in [0.25, 0.3) is 7.82 Å². The van der Waals surface area contributed by atoms with Crippen molar-refractivity contribution in [3.05, 3.63) is 36.5 Å². The van der Waals surface area contributed by atoms with Crippen molar-refractivity contribution in [1.82, 2.24) is 5.32 Å². The molecule has 0 aromatic carbocycles. The topological polar surface area (TPSA) is 114 Å². The summed E-state index contributed by atoms with van der Waals surface area (Å²) >= 11 is 0. The lowest BCUT2D eigenvalue weighted by Gasteiger charge is -2.30. The van der Waals surface area contributed by atoms with E-state index >= 15 is 0 Å².